The van der Waals surface area contributed by atoms with Crippen molar-refractivity contribution in [3.8, 4) is 0 Å². The van der Waals surface area contributed by atoms with Gasteiger partial charge in [-0.15, -0.1) is 10.2 Å². The third kappa shape index (κ3) is 2.59. The summed E-state index contributed by atoms with van der Waals surface area (Å²) in [6.45, 7) is 4.03. The lowest BCUT2D eigenvalue weighted by molar-refractivity contribution is 0.409. The van der Waals surface area contributed by atoms with Crippen LogP contribution in [-0.4, -0.2) is 20.6 Å². The molecule has 1 aromatic carbocycles. The van der Waals surface area contributed by atoms with Gasteiger partial charge in [0.25, 0.3) is 0 Å². The second kappa shape index (κ2) is 5.34. The predicted octanol–water partition coefficient (Wildman–Crippen LogP) is 3.12. The molecule has 0 fully saturated rings. The Bertz CT molecular complexity index is 709. The summed E-state index contributed by atoms with van der Waals surface area (Å²) < 4.78 is 6.90. The molecule has 0 saturated carbocycles. The molecule has 2 aromatic heterocycles. The highest BCUT2D eigenvalue weighted by Gasteiger charge is 2.17. The van der Waals surface area contributed by atoms with E-state index in [2.05, 4.69) is 41.9 Å². The first-order chi connectivity index (χ1) is 9.63. The lowest BCUT2D eigenvalue weighted by Crippen LogP contribution is -2.23. The fraction of sp³-hybridized carbons (Fsp3) is 0.308. The van der Waals surface area contributed by atoms with E-state index in [1.54, 1.807) is 0 Å². The van der Waals surface area contributed by atoms with Crippen LogP contribution in [0.25, 0.3) is 11.0 Å². The molecule has 0 aliphatic carbocycles. The summed E-state index contributed by atoms with van der Waals surface area (Å²) in [7, 11) is 0. The summed E-state index contributed by atoms with van der Waals surface area (Å²) in [5.74, 6) is 1.52. The standard InChI is InChI=1S/C13H14BrN5O/c1-7(15-8(2)13-16-18-19-17-13)12-6-9-5-10(14)3-4-11(9)20-12/h3-8,15H,1-2H3,(H,16,17,18,19). The maximum absolute atomic E-state index is 5.86. The van der Waals surface area contributed by atoms with E-state index in [1.165, 1.54) is 0 Å². The van der Waals surface area contributed by atoms with E-state index in [1.807, 2.05) is 38.1 Å². The summed E-state index contributed by atoms with van der Waals surface area (Å²) in [6, 6.07) is 8.05. The number of rotatable bonds is 4. The Morgan fingerprint density at radius 2 is 2.10 bits per heavy atom. The first kappa shape index (κ1) is 13.3. The molecule has 0 aliphatic rings. The quantitative estimate of drug-likeness (QED) is 0.765. The van der Waals surface area contributed by atoms with E-state index < -0.39 is 0 Å². The topological polar surface area (TPSA) is 79.6 Å². The van der Waals surface area contributed by atoms with Crippen LogP contribution in [0.5, 0.6) is 0 Å². The van der Waals surface area contributed by atoms with Crippen LogP contribution in [0.1, 0.15) is 37.5 Å². The number of aromatic amines is 1. The second-order valence-corrected chi connectivity index (χ2v) is 5.63. The number of fused-ring (bicyclic) bond motifs is 1. The Kier molecular flexibility index (Phi) is 3.54. The average Bonchev–Trinajstić information content (AvgIpc) is 3.07. The molecule has 2 atom stereocenters. The lowest BCUT2D eigenvalue weighted by atomic mass is 10.2. The van der Waals surface area contributed by atoms with Gasteiger partial charge in [-0.1, -0.05) is 21.1 Å². The molecule has 0 aliphatic heterocycles. The maximum atomic E-state index is 5.86. The Morgan fingerprint density at radius 3 is 2.85 bits per heavy atom. The van der Waals surface area contributed by atoms with E-state index in [0.717, 1.165) is 21.2 Å². The Hall–Kier alpha value is -1.73. The van der Waals surface area contributed by atoms with Crippen molar-refractivity contribution in [3.05, 3.63) is 40.3 Å². The zero-order chi connectivity index (χ0) is 14.1. The third-order valence-electron chi connectivity index (χ3n) is 3.17. The van der Waals surface area contributed by atoms with Gasteiger partial charge in [0, 0.05) is 9.86 Å². The predicted molar refractivity (Wildman–Crippen MR) is 78.1 cm³/mol. The van der Waals surface area contributed by atoms with Crippen LogP contribution in [0.4, 0.5) is 0 Å². The zero-order valence-electron chi connectivity index (χ0n) is 11.1. The fourth-order valence-electron chi connectivity index (χ4n) is 2.13. The van der Waals surface area contributed by atoms with Gasteiger partial charge in [-0.2, -0.15) is 5.21 Å². The van der Waals surface area contributed by atoms with E-state index in [-0.39, 0.29) is 12.1 Å². The van der Waals surface area contributed by atoms with Gasteiger partial charge < -0.3 is 4.42 Å². The van der Waals surface area contributed by atoms with Gasteiger partial charge in [0.05, 0.1) is 12.1 Å². The first-order valence-corrected chi connectivity index (χ1v) is 7.11. The van der Waals surface area contributed by atoms with E-state index >= 15 is 0 Å². The van der Waals surface area contributed by atoms with Gasteiger partial charge >= 0.3 is 0 Å². The summed E-state index contributed by atoms with van der Waals surface area (Å²) in [6.07, 6.45) is 0. The summed E-state index contributed by atoms with van der Waals surface area (Å²) >= 11 is 3.46. The van der Waals surface area contributed by atoms with Gasteiger partial charge in [0.1, 0.15) is 11.3 Å². The average molecular weight is 336 g/mol. The van der Waals surface area contributed by atoms with E-state index in [0.29, 0.717) is 5.82 Å². The highest BCUT2D eigenvalue weighted by molar-refractivity contribution is 9.10. The number of aromatic nitrogens is 4. The molecule has 3 aromatic rings. The number of benzene rings is 1. The molecule has 0 spiro atoms. The minimum Gasteiger partial charge on any atom is -0.459 e. The summed E-state index contributed by atoms with van der Waals surface area (Å²) in [4.78, 5) is 0. The largest absolute Gasteiger partial charge is 0.459 e. The number of hydrogen-bond donors (Lipinski definition) is 2. The van der Waals surface area contributed by atoms with Crippen LogP contribution >= 0.6 is 15.9 Å². The van der Waals surface area contributed by atoms with Crippen molar-refractivity contribution in [2.24, 2.45) is 0 Å². The van der Waals surface area contributed by atoms with E-state index in [9.17, 15) is 0 Å². The number of nitrogens with one attached hydrogen (secondary N) is 2. The van der Waals surface area contributed by atoms with Crippen molar-refractivity contribution in [2.45, 2.75) is 25.9 Å². The molecule has 0 amide bonds. The van der Waals surface area contributed by atoms with Crippen molar-refractivity contribution in [1.82, 2.24) is 25.9 Å². The van der Waals surface area contributed by atoms with Gasteiger partial charge in [-0.25, -0.2) is 0 Å². The van der Waals surface area contributed by atoms with Crippen LogP contribution in [-0.2, 0) is 0 Å². The second-order valence-electron chi connectivity index (χ2n) is 4.71. The molecular formula is C13H14BrN5O. The molecule has 0 radical (unpaired) electrons. The van der Waals surface area contributed by atoms with Crippen LogP contribution in [0, 0.1) is 0 Å². The van der Waals surface area contributed by atoms with Crippen LogP contribution in [0.3, 0.4) is 0 Å². The van der Waals surface area contributed by atoms with Gasteiger partial charge in [-0.3, -0.25) is 5.32 Å². The van der Waals surface area contributed by atoms with Crippen LogP contribution < -0.4 is 5.32 Å². The Labute approximate surface area is 124 Å². The highest BCUT2D eigenvalue weighted by atomic mass is 79.9. The molecule has 2 heterocycles. The number of halogens is 1. The molecule has 104 valence electrons. The Morgan fingerprint density at radius 1 is 1.25 bits per heavy atom. The van der Waals surface area contributed by atoms with Crippen molar-refractivity contribution in [3.63, 3.8) is 0 Å². The highest BCUT2D eigenvalue weighted by Crippen LogP contribution is 2.27. The van der Waals surface area contributed by atoms with Crippen molar-refractivity contribution in [2.75, 3.05) is 0 Å². The molecule has 7 heteroatoms. The summed E-state index contributed by atoms with van der Waals surface area (Å²) in [5.41, 5.74) is 0.879. The lowest BCUT2D eigenvalue weighted by Gasteiger charge is -2.15. The van der Waals surface area contributed by atoms with E-state index in [4.69, 9.17) is 4.42 Å². The minimum atomic E-state index is -0.0105. The number of H-pyrrole nitrogens is 1. The van der Waals surface area contributed by atoms with Gasteiger partial charge in [-0.05, 0) is 38.1 Å². The molecule has 0 saturated heterocycles. The molecule has 6 nitrogen and oxygen atoms in total. The number of hydrogen-bond acceptors (Lipinski definition) is 5. The molecule has 0 bridgehead atoms. The number of nitrogens with zero attached hydrogens (tertiary/aromatic N) is 3. The van der Waals surface area contributed by atoms with Crippen LogP contribution in [0.2, 0.25) is 0 Å². The molecule has 2 unspecified atom stereocenters. The van der Waals surface area contributed by atoms with Crippen molar-refractivity contribution in [1.29, 1.82) is 0 Å². The van der Waals surface area contributed by atoms with Crippen molar-refractivity contribution >= 4 is 26.9 Å². The van der Waals surface area contributed by atoms with Gasteiger partial charge in [0.15, 0.2) is 5.82 Å². The number of furan rings is 1. The number of tetrazole rings is 1. The minimum absolute atomic E-state index is 0.0105. The first-order valence-electron chi connectivity index (χ1n) is 6.32. The molecule has 2 N–H and O–H groups in total. The molecule has 20 heavy (non-hydrogen) atoms. The maximum Gasteiger partial charge on any atom is 0.191 e. The fourth-order valence-corrected chi connectivity index (χ4v) is 2.51. The van der Waals surface area contributed by atoms with Gasteiger partial charge in [0.2, 0.25) is 0 Å². The van der Waals surface area contributed by atoms with Crippen LogP contribution in [0.15, 0.2) is 33.2 Å². The Balaban J connectivity index is 1.80. The summed E-state index contributed by atoms with van der Waals surface area (Å²) in [5, 5.41) is 18.4. The van der Waals surface area contributed by atoms with Crippen molar-refractivity contribution < 1.29 is 4.42 Å². The monoisotopic (exact) mass is 335 g/mol. The molecular weight excluding hydrogens is 322 g/mol. The zero-order valence-corrected chi connectivity index (χ0v) is 12.7. The smallest absolute Gasteiger partial charge is 0.191 e. The normalized spacial score (nSPS) is 14.6. The SMILES string of the molecule is CC(NC(C)c1cc2cc(Br)ccc2o1)c1nn[nH]n1. The molecule has 3 rings (SSSR count). The third-order valence-corrected chi connectivity index (χ3v) is 3.67.